The maximum atomic E-state index is 13.5. The zero-order chi connectivity index (χ0) is 12.3. The van der Waals surface area contributed by atoms with E-state index < -0.39 is 0 Å². The van der Waals surface area contributed by atoms with E-state index in [1.807, 2.05) is 19.1 Å². The van der Waals surface area contributed by atoms with Crippen molar-refractivity contribution in [1.82, 2.24) is 5.32 Å². The van der Waals surface area contributed by atoms with Crippen LogP contribution in [0.25, 0.3) is 0 Å². The van der Waals surface area contributed by atoms with E-state index in [2.05, 4.69) is 5.32 Å². The van der Waals surface area contributed by atoms with Gasteiger partial charge in [-0.1, -0.05) is 18.2 Å². The molecule has 1 aliphatic rings. The molecule has 1 aromatic carbocycles. The highest BCUT2D eigenvalue weighted by Crippen LogP contribution is 2.20. The van der Waals surface area contributed by atoms with Crippen molar-refractivity contribution in [2.24, 2.45) is 0 Å². The lowest BCUT2D eigenvalue weighted by Crippen LogP contribution is -2.42. The van der Waals surface area contributed by atoms with E-state index in [-0.39, 0.29) is 24.0 Å². The van der Waals surface area contributed by atoms with Gasteiger partial charge in [-0.2, -0.15) is 0 Å². The van der Waals surface area contributed by atoms with Crippen LogP contribution in [0.5, 0.6) is 0 Å². The molecule has 0 aromatic heterocycles. The minimum absolute atomic E-state index is 0.145. The number of nitrogens with one attached hydrogen (secondary N) is 1. The zero-order valence-corrected chi connectivity index (χ0v) is 10.2. The Labute approximate surface area is 102 Å². The number of aliphatic hydroxyl groups is 1. The molecule has 0 spiro atoms. The lowest BCUT2D eigenvalue weighted by molar-refractivity contribution is 0.144. The van der Waals surface area contributed by atoms with E-state index in [0.717, 1.165) is 24.8 Å². The summed E-state index contributed by atoms with van der Waals surface area (Å²) < 4.78 is 13.5. The molecule has 0 heterocycles. The van der Waals surface area contributed by atoms with Crippen LogP contribution in [0.4, 0.5) is 4.39 Å². The quantitative estimate of drug-likeness (QED) is 0.842. The molecular formula is C14H20FNO. The molecule has 0 radical (unpaired) electrons. The van der Waals surface area contributed by atoms with Crippen LogP contribution in [-0.4, -0.2) is 23.3 Å². The lowest BCUT2D eigenvalue weighted by atomic mass is 10.1. The van der Waals surface area contributed by atoms with Gasteiger partial charge in [0.05, 0.1) is 6.10 Å². The summed E-state index contributed by atoms with van der Waals surface area (Å²) in [5.74, 6) is -0.145. The van der Waals surface area contributed by atoms with Crippen molar-refractivity contribution in [1.29, 1.82) is 0 Å². The van der Waals surface area contributed by atoms with Gasteiger partial charge >= 0.3 is 0 Å². The molecule has 17 heavy (non-hydrogen) atoms. The van der Waals surface area contributed by atoms with Crippen LogP contribution in [0, 0.1) is 5.82 Å². The predicted octanol–water partition coefficient (Wildman–Crippen LogP) is 2.26. The van der Waals surface area contributed by atoms with Gasteiger partial charge in [-0.15, -0.1) is 0 Å². The molecule has 1 fully saturated rings. The lowest BCUT2D eigenvalue weighted by Gasteiger charge is -2.22. The number of hydrogen-bond donors (Lipinski definition) is 2. The van der Waals surface area contributed by atoms with Gasteiger partial charge < -0.3 is 10.4 Å². The maximum absolute atomic E-state index is 13.5. The van der Waals surface area contributed by atoms with Crippen molar-refractivity contribution in [3.8, 4) is 0 Å². The van der Waals surface area contributed by atoms with Crippen LogP contribution >= 0.6 is 0 Å². The normalized spacial score (nSPS) is 26.1. The minimum Gasteiger partial charge on any atom is -0.392 e. The summed E-state index contributed by atoms with van der Waals surface area (Å²) in [7, 11) is 0. The second kappa shape index (κ2) is 5.61. The van der Waals surface area contributed by atoms with E-state index in [9.17, 15) is 9.50 Å². The summed E-state index contributed by atoms with van der Waals surface area (Å²) >= 11 is 0. The van der Waals surface area contributed by atoms with Gasteiger partial charge in [0.2, 0.25) is 0 Å². The van der Waals surface area contributed by atoms with Gasteiger partial charge in [0, 0.05) is 12.1 Å². The van der Waals surface area contributed by atoms with Gasteiger partial charge in [0.25, 0.3) is 0 Å². The molecule has 2 rings (SSSR count). The summed E-state index contributed by atoms with van der Waals surface area (Å²) in [6.45, 7) is 2.04. The average Bonchev–Trinajstić information content (AvgIpc) is 2.68. The smallest absolute Gasteiger partial charge is 0.126 e. The van der Waals surface area contributed by atoms with Crippen molar-refractivity contribution in [3.63, 3.8) is 0 Å². The number of halogens is 1. The Hall–Kier alpha value is -0.930. The Bertz CT molecular complexity index is 369. The largest absolute Gasteiger partial charge is 0.392 e. The third-order valence-electron chi connectivity index (χ3n) is 3.46. The van der Waals surface area contributed by atoms with Crippen molar-refractivity contribution in [3.05, 3.63) is 35.6 Å². The average molecular weight is 237 g/mol. The Morgan fingerprint density at radius 3 is 2.82 bits per heavy atom. The van der Waals surface area contributed by atoms with Crippen LogP contribution in [0.2, 0.25) is 0 Å². The Morgan fingerprint density at radius 2 is 2.18 bits per heavy atom. The Morgan fingerprint density at radius 1 is 1.41 bits per heavy atom. The molecule has 0 bridgehead atoms. The van der Waals surface area contributed by atoms with Gasteiger partial charge in [0.1, 0.15) is 5.82 Å². The van der Waals surface area contributed by atoms with Gasteiger partial charge in [-0.3, -0.25) is 0 Å². The van der Waals surface area contributed by atoms with Gasteiger partial charge in [-0.05, 0) is 44.2 Å². The van der Waals surface area contributed by atoms with Crippen LogP contribution in [0.3, 0.4) is 0 Å². The molecule has 2 N–H and O–H groups in total. The first-order valence-corrected chi connectivity index (χ1v) is 6.34. The van der Waals surface area contributed by atoms with Gasteiger partial charge in [-0.25, -0.2) is 4.39 Å². The fraction of sp³-hybridized carbons (Fsp3) is 0.571. The number of benzene rings is 1. The molecule has 0 amide bonds. The van der Waals surface area contributed by atoms with Crippen molar-refractivity contribution in [2.45, 2.75) is 50.8 Å². The zero-order valence-electron chi connectivity index (χ0n) is 10.2. The van der Waals surface area contributed by atoms with Crippen molar-refractivity contribution in [2.75, 3.05) is 0 Å². The minimum atomic E-state index is -0.238. The summed E-state index contributed by atoms with van der Waals surface area (Å²) in [5, 5.41) is 13.1. The van der Waals surface area contributed by atoms with Crippen LogP contribution in [-0.2, 0) is 6.42 Å². The van der Waals surface area contributed by atoms with E-state index in [1.54, 1.807) is 6.07 Å². The molecule has 1 saturated carbocycles. The standard InChI is InChI=1S/C14H20FNO/c1-10(16-13-7-4-8-14(13)17)9-11-5-2-3-6-12(11)15/h2-3,5-6,10,13-14,16-17H,4,7-9H2,1H3/t10-,13-,14+/m1/s1. The van der Waals surface area contributed by atoms with Crippen LogP contribution in [0.15, 0.2) is 24.3 Å². The van der Waals surface area contributed by atoms with Gasteiger partial charge in [0.15, 0.2) is 0 Å². The highest BCUT2D eigenvalue weighted by atomic mass is 19.1. The first-order chi connectivity index (χ1) is 8.16. The molecule has 0 aliphatic heterocycles. The molecule has 2 nitrogen and oxygen atoms in total. The molecule has 0 unspecified atom stereocenters. The third-order valence-corrected chi connectivity index (χ3v) is 3.46. The third kappa shape index (κ3) is 3.27. The second-order valence-corrected chi connectivity index (χ2v) is 4.97. The van der Waals surface area contributed by atoms with Crippen LogP contribution in [0.1, 0.15) is 31.7 Å². The number of aliphatic hydroxyl groups excluding tert-OH is 1. The highest BCUT2D eigenvalue weighted by Gasteiger charge is 2.26. The molecule has 0 saturated heterocycles. The maximum Gasteiger partial charge on any atom is 0.126 e. The molecular weight excluding hydrogens is 217 g/mol. The van der Waals surface area contributed by atoms with E-state index in [0.29, 0.717) is 6.42 Å². The summed E-state index contributed by atoms with van der Waals surface area (Å²) in [6.07, 6.45) is 3.40. The van der Waals surface area contributed by atoms with E-state index in [1.165, 1.54) is 6.07 Å². The van der Waals surface area contributed by atoms with E-state index in [4.69, 9.17) is 0 Å². The number of rotatable bonds is 4. The van der Waals surface area contributed by atoms with Crippen LogP contribution < -0.4 is 5.32 Å². The second-order valence-electron chi connectivity index (χ2n) is 4.97. The molecule has 94 valence electrons. The predicted molar refractivity (Wildman–Crippen MR) is 66.3 cm³/mol. The monoisotopic (exact) mass is 237 g/mol. The molecule has 1 aromatic rings. The highest BCUT2D eigenvalue weighted by molar-refractivity contribution is 5.18. The summed E-state index contributed by atoms with van der Waals surface area (Å²) in [6, 6.07) is 7.24. The first-order valence-electron chi connectivity index (χ1n) is 6.34. The summed E-state index contributed by atoms with van der Waals surface area (Å²) in [5.41, 5.74) is 0.736. The fourth-order valence-corrected chi connectivity index (χ4v) is 2.55. The Balaban J connectivity index is 1.89. The SMILES string of the molecule is C[C@H](Cc1ccccc1F)N[C@@H]1CCC[C@@H]1O. The van der Waals surface area contributed by atoms with Crippen molar-refractivity contribution < 1.29 is 9.50 Å². The molecule has 3 atom stereocenters. The van der Waals surface area contributed by atoms with Crippen molar-refractivity contribution >= 4 is 0 Å². The molecule has 3 heteroatoms. The van der Waals surface area contributed by atoms with E-state index >= 15 is 0 Å². The number of hydrogen-bond acceptors (Lipinski definition) is 2. The molecule has 1 aliphatic carbocycles. The Kier molecular flexibility index (Phi) is 4.13. The summed E-state index contributed by atoms with van der Waals surface area (Å²) in [4.78, 5) is 0. The topological polar surface area (TPSA) is 32.3 Å². The first kappa shape index (κ1) is 12.5. The fourth-order valence-electron chi connectivity index (χ4n) is 2.55.